The number of nitrogens with one attached hydrogen (secondary N) is 1. The van der Waals surface area contributed by atoms with Crippen LogP contribution in [0.25, 0.3) is 0 Å². The van der Waals surface area contributed by atoms with E-state index >= 15 is 0 Å². The van der Waals surface area contributed by atoms with Gasteiger partial charge in [0.15, 0.2) is 5.54 Å². The largest absolute Gasteiger partial charge is 0.388 e. The Morgan fingerprint density at radius 3 is 1.97 bits per heavy atom. The van der Waals surface area contributed by atoms with Gasteiger partial charge in [-0.2, -0.15) is 0 Å². The van der Waals surface area contributed by atoms with Gasteiger partial charge >= 0.3 is 6.03 Å². The third kappa shape index (κ3) is 5.29. The predicted molar refractivity (Wildman–Crippen MR) is 126 cm³/mol. The molecular formula is C25H45N3O4. The number of carbonyl (C=O) groups is 3. The third-order valence-corrected chi connectivity index (χ3v) is 7.28. The number of aliphatic hydroxyl groups is 1. The Bertz CT molecular complexity index is 691. The van der Waals surface area contributed by atoms with Crippen molar-refractivity contribution in [2.75, 3.05) is 6.54 Å². The van der Waals surface area contributed by atoms with Crippen molar-refractivity contribution < 1.29 is 19.5 Å². The summed E-state index contributed by atoms with van der Waals surface area (Å²) in [5.41, 5.74) is -3.08. The number of urea groups is 1. The van der Waals surface area contributed by atoms with Crippen molar-refractivity contribution in [1.82, 2.24) is 15.1 Å². The van der Waals surface area contributed by atoms with E-state index in [2.05, 4.69) is 12.2 Å². The van der Waals surface area contributed by atoms with Gasteiger partial charge in [0.1, 0.15) is 6.10 Å². The number of hydrogen-bond acceptors (Lipinski definition) is 4. The van der Waals surface area contributed by atoms with Gasteiger partial charge in [-0.3, -0.25) is 14.5 Å². The van der Waals surface area contributed by atoms with Crippen molar-refractivity contribution >= 4 is 17.8 Å². The average molecular weight is 452 g/mol. The summed E-state index contributed by atoms with van der Waals surface area (Å²) in [6.45, 7) is 11.3. The maximum absolute atomic E-state index is 13.4. The second kappa shape index (κ2) is 10.5. The molecule has 0 saturated carbocycles. The minimum atomic E-state index is -1.39. The van der Waals surface area contributed by atoms with Crippen LogP contribution < -0.4 is 5.32 Å². The van der Waals surface area contributed by atoms with Crippen LogP contribution in [0.15, 0.2) is 0 Å². The van der Waals surface area contributed by atoms with Crippen molar-refractivity contribution in [3.8, 4) is 0 Å². The van der Waals surface area contributed by atoms with E-state index < -0.39 is 28.8 Å². The molecule has 2 atom stereocenters. The van der Waals surface area contributed by atoms with Gasteiger partial charge in [0.25, 0.3) is 5.91 Å². The lowest BCUT2D eigenvalue weighted by Crippen LogP contribution is -2.78. The maximum atomic E-state index is 13.4. The molecule has 2 aliphatic rings. The van der Waals surface area contributed by atoms with E-state index in [1.165, 1.54) is 56.8 Å². The number of unbranched alkanes of at least 4 members (excludes halogenated alkanes) is 9. The number of aliphatic hydroxyl groups excluding tert-OH is 1. The molecule has 2 fully saturated rings. The fourth-order valence-electron chi connectivity index (χ4n) is 6.11. The minimum absolute atomic E-state index is 0.159. The molecule has 2 N–H and O–H groups in total. The van der Waals surface area contributed by atoms with Crippen molar-refractivity contribution in [1.29, 1.82) is 0 Å². The molecule has 0 aromatic rings. The quantitative estimate of drug-likeness (QED) is 0.361. The van der Waals surface area contributed by atoms with Crippen LogP contribution in [0.4, 0.5) is 4.79 Å². The summed E-state index contributed by atoms with van der Waals surface area (Å²) in [5.74, 6) is -0.525. The Labute approximate surface area is 194 Å². The number of imide groups is 1. The lowest BCUT2D eigenvalue weighted by molar-refractivity contribution is -0.179. The Morgan fingerprint density at radius 2 is 1.47 bits per heavy atom. The molecule has 0 radical (unpaired) electrons. The molecule has 4 amide bonds. The lowest BCUT2D eigenvalue weighted by Gasteiger charge is -2.59. The summed E-state index contributed by atoms with van der Waals surface area (Å²) in [7, 11) is 0. The molecule has 0 aromatic carbocycles. The second-order valence-corrected chi connectivity index (χ2v) is 10.9. The minimum Gasteiger partial charge on any atom is -0.388 e. The van der Waals surface area contributed by atoms with Crippen LogP contribution in [0.5, 0.6) is 0 Å². The van der Waals surface area contributed by atoms with Gasteiger partial charge in [-0.25, -0.2) is 4.79 Å². The van der Waals surface area contributed by atoms with Crippen LogP contribution in [0.1, 0.15) is 112 Å². The average Bonchev–Trinajstić information content (AvgIpc) is 2.90. The zero-order valence-electron chi connectivity index (χ0n) is 21.1. The highest BCUT2D eigenvalue weighted by atomic mass is 16.3. The van der Waals surface area contributed by atoms with E-state index in [0.717, 1.165) is 19.3 Å². The van der Waals surface area contributed by atoms with Crippen LogP contribution in [0.2, 0.25) is 0 Å². The molecule has 0 aliphatic carbocycles. The van der Waals surface area contributed by atoms with Gasteiger partial charge < -0.3 is 15.3 Å². The Kier molecular flexibility index (Phi) is 8.76. The van der Waals surface area contributed by atoms with Gasteiger partial charge in [0.2, 0.25) is 5.91 Å². The van der Waals surface area contributed by atoms with E-state index in [-0.39, 0.29) is 18.2 Å². The topological polar surface area (TPSA) is 90.0 Å². The third-order valence-electron chi connectivity index (χ3n) is 7.28. The maximum Gasteiger partial charge on any atom is 0.325 e. The number of likely N-dealkylation sites (tertiary alicyclic amines) is 1. The Hall–Kier alpha value is -1.63. The molecule has 0 bridgehead atoms. The van der Waals surface area contributed by atoms with E-state index in [1.807, 2.05) is 13.8 Å². The molecule has 2 unspecified atom stereocenters. The van der Waals surface area contributed by atoms with Crippen molar-refractivity contribution in [3.05, 3.63) is 0 Å². The Balaban J connectivity index is 1.92. The summed E-state index contributed by atoms with van der Waals surface area (Å²) < 4.78 is 0. The Morgan fingerprint density at radius 1 is 0.969 bits per heavy atom. The zero-order chi connectivity index (χ0) is 24.2. The SMILES string of the molecule is CCCCCCCCCCCCN1C(=O)NC2(CC(C)(C)N(C(C)=O)C(C)(C)C2O)C1=O. The molecule has 32 heavy (non-hydrogen) atoms. The highest BCUT2D eigenvalue weighted by molar-refractivity contribution is 6.08. The summed E-state index contributed by atoms with van der Waals surface area (Å²) in [4.78, 5) is 41.4. The molecule has 2 aliphatic heterocycles. The summed E-state index contributed by atoms with van der Waals surface area (Å²) in [6, 6.07) is -0.437. The van der Waals surface area contributed by atoms with Gasteiger partial charge in [0.05, 0.1) is 5.54 Å². The van der Waals surface area contributed by atoms with Crippen LogP contribution >= 0.6 is 0 Å². The van der Waals surface area contributed by atoms with E-state index in [4.69, 9.17) is 0 Å². The highest BCUT2D eigenvalue weighted by Gasteiger charge is 2.67. The van der Waals surface area contributed by atoms with Gasteiger partial charge in [-0.1, -0.05) is 64.7 Å². The number of hydrogen-bond donors (Lipinski definition) is 2. The first-order chi connectivity index (χ1) is 14.9. The monoisotopic (exact) mass is 451 g/mol. The van der Waals surface area contributed by atoms with Gasteiger partial charge in [0, 0.05) is 25.4 Å². The van der Waals surface area contributed by atoms with Crippen LogP contribution in [0, 0.1) is 0 Å². The molecule has 0 aromatic heterocycles. The number of nitrogens with zero attached hydrogens (tertiary/aromatic N) is 2. The smallest absolute Gasteiger partial charge is 0.325 e. The van der Waals surface area contributed by atoms with Crippen molar-refractivity contribution in [3.63, 3.8) is 0 Å². The van der Waals surface area contributed by atoms with E-state index in [1.54, 1.807) is 18.7 Å². The lowest BCUT2D eigenvalue weighted by atomic mass is 9.66. The summed E-state index contributed by atoms with van der Waals surface area (Å²) in [5, 5.41) is 14.1. The van der Waals surface area contributed by atoms with Crippen molar-refractivity contribution in [2.24, 2.45) is 0 Å². The second-order valence-electron chi connectivity index (χ2n) is 10.9. The zero-order valence-corrected chi connectivity index (χ0v) is 21.1. The van der Waals surface area contributed by atoms with Gasteiger partial charge in [-0.05, 0) is 34.1 Å². The van der Waals surface area contributed by atoms with Crippen LogP contribution in [-0.4, -0.2) is 62.0 Å². The molecule has 2 saturated heterocycles. The molecular weight excluding hydrogens is 406 g/mol. The van der Waals surface area contributed by atoms with Crippen LogP contribution in [-0.2, 0) is 9.59 Å². The fourth-order valence-corrected chi connectivity index (χ4v) is 6.11. The van der Waals surface area contributed by atoms with Gasteiger partial charge in [-0.15, -0.1) is 0 Å². The molecule has 7 heteroatoms. The number of amides is 4. The van der Waals surface area contributed by atoms with E-state index in [0.29, 0.717) is 6.54 Å². The first-order valence-corrected chi connectivity index (χ1v) is 12.5. The summed E-state index contributed by atoms with van der Waals surface area (Å²) in [6.07, 6.45) is 10.8. The van der Waals surface area contributed by atoms with Crippen molar-refractivity contribution in [2.45, 2.75) is 135 Å². The molecule has 2 rings (SSSR count). The number of carbonyl (C=O) groups excluding carboxylic acids is 3. The standard InChI is InChI=1S/C25H45N3O4/c1-7-8-9-10-11-12-13-14-15-16-17-27-21(31)25(26-22(27)32)18-23(3,4)28(19(2)29)24(5,6)20(25)30/h20,30H,7-18H2,1-6H3,(H,26,32). The predicted octanol–water partition coefficient (Wildman–Crippen LogP) is 4.37. The number of piperidine rings is 1. The fraction of sp³-hybridized carbons (Fsp3) is 0.880. The highest BCUT2D eigenvalue weighted by Crippen LogP contribution is 2.46. The first kappa shape index (κ1) is 26.6. The molecule has 2 heterocycles. The molecule has 1 spiro atoms. The van der Waals surface area contributed by atoms with E-state index in [9.17, 15) is 19.5 Å². The number of rotatable bonds is 11. The normalized spacial score (nSPS) is 26.7. The molecule has 7 nitrogen and oxygen atoms in total. The molecule has 184 valence electrons. The summed E-state index contributed by atoms with van der Waals surface area (Å²) >= 11 is 0. The first-order valence-electron chi connectivity index (χ1n) is 12.5. The van der Waals surface area contributed by atoms with Crippen LogP contribution in [0.3, 0.4) is 0 Å².